The molecule has 0 saturated heterocycles. The largest absolute Gasteiger partial charge is 0.454 e. The van der Waals surface area contributed by atoms with Crippen LogP contribution in [0.4, 0.5) is 5.69 Å². The normalized spacial score (nSPS) is 12.2. The van der Waals surface area contributed by atoms with E-state index in [9.17, 15) is 9.59 Å². The van der Waals surface area contributed by atoms with Crippen LogP contribution in [0.25, 0.3) is 0 Å². The lowest BCUT2D eigenvalue weighted by Gasteiger charge is -2.05. The number of benzene rings is 2. The molecule has 0 aliphatic carbocycles. The number of nitrogens with one attached hydrogen (secondary N) is 2. The fourth-order valence-electron chi connectivity index (χ4n) is 2.07. The molecule has 0 fully saturated rings. The third-order valence-corrected chi connectivity index (χ3v) is 3.82. The van der Waals surface area contributed by atoms with Crippen molar-refractivity contribution in [3.63, 3.8) is 0 Å². The number of halogens is 1. The monoisotopic (exact) mass is 359 g/mol. The standard InChI is InChI=1S/C17H14ClN3O4/c1-10-2-4-12(7-13(10)18)20-16(22)17(23)21-19-8-11-3-5-14-15(6-11)25-9-24-14/h2-8H,9H2,1H3,(H,20,22)(H,21,23)/b19-8+. The highest BCUT2D eigenvalue weighted by Crippen LogP contribution is 2.31. The van der Waals surface area contributed by atoms with Crippen molar-refractivity contribution in [2.24, 2.45) is 5.10 Å². The summed E-state index contributed by atoms with van der Waals surface area (Å²) in [7, 11) is 0. The van der Waals surface area contributed by atoms with Crippen molar-refractivity contribution in [3.8, 4) is 11.5 Å². The lowest BCUT2D eigenvalue weighted by atomic mass is 10.2. The zero-order valence-electron chi connectivity index (χ0n) is 13.2. The molecule has 1 heterocycles. The van der Waals surface area contributed by atoms with Crippen LogP contribution in [0.5, 0.6) is 11.5 Å². The van der Waals surface area contributed by atoms with Crippen LogP contribution in [0, 0.1) is 6.92 Å². The molecule has 2 N–H and O–H groups in total. The van der Waals surface area contributed by atoms with Gasteiger partial charge in [0, 0.05) is 10.7 Å². The first-order valence-corrected chi connectivity index (χ1v) is 7.71. The van der Waals surface area contributed by atoms with E-state index in [2.05, 4.69) is 15.8 Å². The predicted octanol–water partition coefficient (Wildman–Crippen LogP) is 2.47. The number of anilines is 1. The number of fused-ring (bicyclic) bond motifs is 1. The molecule has 0 spiro atoms. The first-order valence-electron chi connectivity index (χ1n) is 7.33. The van der Waals surface area contributed by atoms with Crippen LogP contribution >= 0.6 is 11.6 Å². The van der Waals surface area contributed by atoms with Crippen LogP contribution < -0.4 is 20.2 Å². The van der Waals surface area contributed by atoms with Crippen LogP contribution in [-0.4, -0.2) is 24.8 Å². The van der Waals surface area contributed by atoms with Crippen LogP contribution in [0.1, 0.15) is 11.1 Å². The molecule has 128 valence electrons. The number of amides is 2. The summed E-state index contributed by atoms with van der Waals surface area (Å²) in [5.74, 6) is -0.488. The maximum atomic E-state index is 11.8. The Balaban J connectivity index is 1.56. The first kappa shape index (κ1) is 16.8. The van der Waals surface area contributed by atoms with Gasteiger partial charge in [0.05, 0.1) is 6.21 Å². The zero-order chi connectivity index (χ0) is 17.8. The van der Waals surface area contributed by atoms with Gasteiger partial charge in [-0.15, -0.1) is 0 Å². The molecule has 2 aromatic rings. The molecule has 0 bridgehead atoms. The smallest absolute Gasteiger partial charge is 0.329 e. The minimum Gasteiger partial charge on any atom is -0.454 e. The molecule has 1 aliphatic rings. The Morgan fingerprint density at radius 2 is 1.92 bits per heavy atom. The Kier molecular flexibility index (Phi) is 4.85. The van der Waals surface area contributed by atoms with E-state index < -0.39 is 11.8 Å². The Morgan fingerprint density at radius 1 is 1.12 bits per heavy atom. The Morgan fingerprint density at radius 3 is 2.72 bits per heavy atom. The van der Waals surface area contributed by atoms with Gasteiger partial charge in [-0.25, -0.2) is 5.43 Å². The average molecular weight is 360 g/mol. The van der Waals surface area contributed by atoms with Crippen molar-refractivity contribution in [1.82, 2.24) is 5.43 Å². The molecule has 0 aromatic heterocycles. The average Bonchev–Trinajstić information content (AvgIpc) is 3.05. The number of rotatable bonds is 3. The summed E-state index contributed by atoms with van der Waals surface area (Å²) in [6.07, 6.45) is 1.40. The summed E-state index contributed by atoms with van der Waals surface area (Å²) in [4.78, 5) is 23.6. The maximum absolute atomic E-state index is 11.8. The molecular weight excluding hydrogens is 346 g/mol. The van der Waals surface area contributed by atoms with Crippen molar-refractivity contribution >= 4 is 35.3 Å². The molecule has 0 unspecified atom stereocenters. The molecular formula is C17H14ClN3O4. The third kappa shape index (κ3) is 4.07. The van der Waals surface area contributed by atoms with Gasteiger partial charge in [-0.3, -0.25) is 9.59 Å². The topological polar surface area (TPSA) is 89.0 Å². The lowest BCUT2D eigenvalue weighted by Crippen LogP contribution is -2.32. The summed E-state index contributed by atoms with van der Waals surface area (Å²) < 4.78 is 10.4. The predicted molar refractivity (Wildman–Crippen MR) is 93.1 cm³/mol. The lowest BCUT2D eigenvalue weighted by molar-refractivity contribution is -0.136. The van der Waals surface area contributed by atoms with E-state index in [4.69, 9.17) is 21.1 Å². The van der Waals surface area contributed by atoms with Crippen molar-refractivity contribution in [1.29, 1.82) is 0 Å². The fraction of sp³-hybridized carbons (Fsp3) is 0.118. The van der Waals surface area contributed by atoms with E-state index in [1.165, 1.54) is 6.21 Å². The molecule has 25 heavy (non-hydrogen) atoms. The number of hydrogen-bond donors (Lipinski definition) is 2. The molecule has 7 nitrogen and oxygen atoms in total. The van der Waals surface area contributed by atoms with E-state index in [1.54, 1.807) is 36.4 Å². The van der Waals surface area contributed by atoms with Crippen molar-refractivity contribution in [2.75, 3.05) is 12.1 Å². The van der Waals surface area contributed by atoms with Gasteiger partial charge in [-0.1, -0.05) is 17.7 Å². The Labute approximate surface area is 148 Å². The molecule has 0 radical (unpaired) electrons. The molecule has 1 aliphatic heterocycles. The molecule has 0 saturated carbocycles. The van der Waals surface area contributed by atoms with E-state index in [0.29, 0.717) is 27.8 Å². The minimum absolute atomic E-state index is 0.176. The zero-order valence-corrected chi connectivity index (χ0v) is 14.0. The van der Waals surface area contributed by atoms with Crippen molar-refractivity contribution in [3.05, 3.63) is 52.5 Å². The number of carbonyl (C=O) groups is 2. The van der Waals surface area contributed by atoms with Gasteiger partial charge >= 0.3 is 11.8 Å². The molecule has 3 rings (SSSR count). The van der Waals surface area contributed by atoms with Gasteiger partial charge in [0.1, 0.15) is 0 Å². The minimum atomic E-state index is -0.895. The van der Waals surface area contributed by atoms with Crippen LogP contribution in [0.15, 0.2) is 41.5 Å². The fourth-order valence-corrected chi connectivity index (χ4v) is 2.25. The number of carbonyl (C=O) groups excluding carboxylic acids is 2. The number of ether oxygens (including phenoxy) is 2. The second kappa shape index (κ2) is 7.23. The summed E-state index contributed by atoms with van der Waals surface area (Å²) in [6.45, 7) is 2.02. The Hall–Kier alpha value is -3.06. The Bertz CT molecular complexity index is 867. The highest BCUT2D eigenvalue weighted by Gasteiger charge is 2.14. The second-order valence-corrected chi connectivity index (χ2v) is 5.64. The van der Waals surface area contributed by atoms with E-state index >= 15 is 0 Å². The highest BCUT2D eigenvalue weighted by atomic mass is 35.5. The SMILES string of the molecule is Cc1ccc(NC(=O)C(=O)N/N=C/c2ccc3c(c2)OCO3)cc1Cl. The highest BCUT2D eigenvalue weighted by molar-refractivity contribution is 6.39. The van der Waals surface area contributed by atoms with Crippen LogP contribution in [-0.2, 0) is 9.59 Å². The van der Waals surface area contributed by atoms with Crippen molar-refractivity contribution < 1.29 is 19.1 Å². The number of hydrogen-bond acceptors (Lipinski definition) is 5. The van der Waals surface area contributed by atoms with E-state index in [1.807, 2.05) is 6.92 Å². The van der Waals surface area contributed by atoms with Crippen LogP contribution in [0.2, 0.25) is 5.02 Å². The first-order chi connectivity index (χ1) is 12.0. The second-order valence-electron chi connectivity index (χ2n) is 5.23. The van der Waals surface area contributed by atoms with Gasteiger partial charge in [0.15, 0.2) is 11.5 Å². The van der Waals surface area contributed by atoms with E-state index in [-0.39, 0.29) is 6.79 Å². The van der Waals surface area contributed by atoms with Crippen LogP contribution in [0.3, 0.4) is 0 Å². The molecule has 2 amide bonds. The molecule has 8 heteroatoms. The molecule has 0 atom stereocenters. The number of hydrazone groups is 1. The van der Waals surface area contributed by atoms with Gasteiger partial charge < -0.3 is 14.8 Å². The maximum Gasteiger partial charge on any atom is 0.329 e. The molecule has 2 aromatic carbocycles. The number of aryl methyl sites for hydroxylation is 1. The van der Waals surface area contributed by atoms with Gasteiger partial charge in [0.2, 0.25) is 6.79 Å². The van der Waals surface area contributed by atoms with Gasteiger partial charge in [-0.05, 0) is 48.4 Å². The van der Waals surface area contributed by atoms with Gasteiger partial charge in [-0.2, -0.15) is 5.10 Å². The number of nitrogens with zero attached hydrogens (tertiary/aromatic N) is 1. The summed E-state index contributed by atoms with van der Waals surface area (Å²) in [5.41, 5.74) is 4.15. The van der Waals surface area contributed by atoms with Gasteiger partial charge in [0.25, 0.3) is 0 Å². The summed E-state index contributed by atoms with van der Waals surface area (Å²) in [5, 5.41) is 6.70. The quantitative estimate of drug-likeness (QED) is 0.500. The summed E-state index contributed by atoms with van der Waals surface area (Å²) in [6, 6.07) is 10.2. The summed E-state index contributed by atoms with van der Waals surface area (Å²) >= 11 is 5.97. The third-order valence-electron chi connectivity index (χ3n) is 3.41. The van der Waals surface area contributed by atoms with E-state index in [0.717, 1.165) is 5.56 Å². The van der Waals surface area contributed by atoms with Crippen molar-refractivity contribution in [2.45, 2.75) is 6.92 Å².